The average molecular weight is 506 g/mol. The summed E-state index contributed by atoms with van der Waals surface area (Å²) in [5.41, 5.74) is 2.81. The SMILES string of the molecule is CC(=O)CC1CCCCC1.CC(CC(C)(F)F)c1ccccc1.CC=N/C(CC)=C(/CCC)C(C)=O. The Kier molecular flexibility index (Phi) is 17.9. The highest BCUT2D eigenvalue weighted by Gasteiger charge is 2.24. The first-order chi connectivity index (χ1) is 16.9. The number of nitrogens with zero attached hydrogens (tertiary/aromatic N) is 1. The second-order valence-corrected chi connectivity index (χ2v) is 9.97. The number of hydrogen-bond donors (Lipinski definition) is 0. The molecule has 2 rings (SSSR count). The van der Waals surface area contributed by atoms with Gasteiger partial charge in [-0.15, -0.1) is 0 Å². The molecule has 5 heteroatoms. The van der Waals surface area contributed by atoms with Crippen LogP contribution in [-0.2, 0) is 9.59 Å². The highest BCUT2D eigenvalue weighted by Crippen LogP contribution is 2.29. The van der Waals surface area contributed by atoms with Gasteiger partial charge >= 0.3 is 0 Å². The van der Waals surface area contributed by atoms with Gasteiger partial charge in [-0.25, -0.2) is 8.78 Å². The van der Waals surface area contributed by atoms with Gasteiger partial charge in [-0.1, -0.05) is 89.6 Å². The van der Waals surface area contributed by atoms with Crippen molar-refractivity contribution in [3.8, 4) is 0 Å². The predicted octanol–water partition coefficient (Wildman–Crippen LogP) is 9.51. The Labute approximate surface area is 218 Å². The third-order valence-corrected chi connectivity index (χ3v) is 6.23. The maximum atomic E-state index is 12.7. The number of alkyl halides is 2. The minimum atomic E-state index is -2.57. The Morgan fingerprint density at radius 3 is 2.08 bits per heavy atom. The molecule has 0 radical (unpaired) electrons. The van der Waals surface area contributed by atoms with Crippen LogP contribution in [0.2, 0.25) is 0 Å². The predicted molar refractivity (Wildman–Crippen MR) is 149 cm³/mol. The summed E-state index contributed by atoms with van der Waals surface area (Å²) < 4.78 is 25.3. The topological polar surface area (TPSA) is 46.5 Å². The standard InChI is InChI=1S/C11H14F2.C11H19NO.C9H16O/c1-9(8-11(2,12)13)10-6-4-3-5-7-10;1-5-8-10(9(4)13)11(6-2)12-7-3;1-8(10)7-9-5-3-2-4-6-9/h3-7,9H,8H2,1-2H3;7H,5-6,8H2,1-4H3;9H,2-7H2,1H3/b;11-10-,12-7?;. The second kappa shape index (κ2) is 19.0. The van der Waals surface area contributed by atoms with Crippen LogP contribution in [0, 0.1) is 5.92 Å². The fourth-order valence-corrected chi connectivity index (χ4v) is 4.55. The normalized spacial score (nSPS) is 15.7. The lowest BCUT2D eigenvalue weighted by Crippen LogP contribution is -2.13. The van der Waals surface area contributed by atoms with Gasteiger partial charge in [0.1, 0.15) is 5.78 Å². The second-order valence-electron chi connectivity index (χ2n) is 9.97. The molecule has 1 saturated carbocycles. The molecule has 0 bridgehead atoms. The van der Waals surface area contributed by atoms with Crippen LogP contribution in [0.5, 0.6) is 0 Å². The van der Waals surface area contributed by atoms with E-state index in [1.807, 2.05) is 51.1 Å². The number of carbonyl (C=O) groups is 2. The Bertz CT molecular complexity index is 804. The molecule has 0 N–H and O–H groups in total. The first-order valence-corrected chi connectivity index (χ1v) is 13.6. The van der Waals surface area contributed by atoms with Crippen LogP contribution in [0.1, 0.15) is 124 Å². The minimum Gasteiger partial charge on any atom is -0.300 e. The number of aliphatic imine (C=N–C) groups is 1. The fraction of sp³-hybridized carbons (Fsp3) is 0.645. The molecule has 36 heavy (non-hydrogen) atoms. The molecule has 1 aliphatic carbocycles. The lowest BCUT2D eigenvalue weighted by molar-refractivity contribution is -0.118. The summed E-state index contributed by atoms with van der Waals surface area (Å²) in [6.45, 7) is 12.1. The Morgan fingerprint density at radius 1 is 1.08 bits per heavy atom. The number of benzene rings is 1. The van der Waals surface area contributed by atoms with Crippen LogP contribution in [-0.4, -0.2) is 23.7 Å². The lowest BCUT2D eigenvalue weighted by Gasteiger charge is -2.19. The number of carbonyl (C=O) groups excluding carboxylic acids is 2. The molecule has 0 aromatic heterocycles. The van der Waals surface area contributed by atoms with Gasteiger partial charge < -0.3 is 4.79 Å². The summed E-state index contributed by atoms with van der Waals surface area (Å²) in [6, 6.07) is 9.41. The van der Waals surface area contributed by atoms with E-state index in [1.54, 1.807) is 20.1 Å². The molecule has 1 unspecified atom stereocenters. The molecule has 1 aromatic carbocycles. The zero-order valence-electron chi connectivity index (χ0n) is 23.7. The van der Waals surface area contributed by atoms with Crippen molar-refractivity contribution in [1.82, 2.24) is 0 Å². The van der Waals surface area contributed by atoms with Crippen molar-refractivity contribution < 1.29 is 18.4 Å². The van der Waals surface area contributed by atoms with Gasteiger partial charge in [-0.2, -0.15) is 0 Å². The molecule has 1 fully saturated rings. The van der Waals surface area contributed by atoms with Crippen molar-refractivity contribution in [2.45, 2.75) is 125 Å². The summed E-state index contributed by atoms with van der Waals surface area (Å²) >= 11 is 0. The molecule has 1 aromatic rings. The van der Waals surface area contributed by atoms with E-state index < -0.39 is 5.92 Å². The number of halogens is 2. The van der Waals surface area contributed by atoms with Crippen molar-refractivity contribution in [3.05, 3.63) is 47.2 Å². The Hall–Kier alpha value is -2.17. The summed E-state index contributed by atoms with van der Waals surface area (Å²) in [6.07, 6.45) is 11.8. The zero-order chi connectivity index (χ0) is 27.6. The van der Waals surface area contributed by atoms with Gasteiger partial charge in [-0.05, 0) is 57.9 Å². The molecule has 0 saturated heterocycles. The molecule has 1 aliphatic rings. The summed E-state index contributed by atoms with van der Waals surface area (Å²) in [4.78, 5) is 26.2. The first kappa shape index (κ1) is 33.8. The monoisotopic (exact) mass is 505 g/mol. The quantitative estimate of drug-likeness (QED) is 0.235. The third kappa shape index (κ3) is 16.5. The highest BCUT2D eigenvalue weighted by atomic mass is 19.3. The molecule has 0 amide bonds. The smallest absolute Gasteiger partial charge is 0.246 e. The highest BCUT2D eigenvalue weighted by molar-refractivity contribution is 5.94. The van der Waals surface area contributed by atoms with E-state index >= 15 is 0 Å². The van der Waals surface area contributed by atoms with Crippen LogP contribution < -0.4 is 0 Å². The molecule has 0 aliphatic heterocycles. The van der Waals surface area contributed by atoms with Crippen LogP contribution in [0.3, 0.4) is 0 Å². The maximum absolute atomic E-state index is 12.7. The lowest BCUT2D eigenvalue weighted by atomic mass is 9.86. The van der Waals surface area contributed by atoms with E-state index in [9.17, 15) is 18.4 Å². The van der Waals surface area contributed by atoms with Crippen molar-refractivity contribution >= 4 is 17.8 Å². The largest absolute Gasteiger partial charge is 0.300 e. The Morgan fingerprint density at radius 2 is 1.67 bits per heavy atom. The zero-order valence-corrected chi connectivity index (χ0v) is 23.7. The molecule has 3 nitrogen and oxygen atoms in total. The van der Waals surface area contributed by atoms with Crippen molar-refractivity contribution in [3.63, 3.8) is 0 Å². The number of allylic oxidation sites excluding steroid dienone is 2. The molecular weight excluding hydrogens is 456 g/mol. The van der Waals surface area contributed by atoms with E-state index in [1.165, 1.54) is 32.1 Å². The summed E-state index contributed by atoms with van der Waals surface area (Å²) in [5, 5.41) is 0. The summed E-state index contributed by atoms with van der Waals surface area (Å²) in [7, 11) is 0. The van der Waals surface area contributed by atoms with Gasteiger partial charge in [-0.3, -0.25) is 9.79 Å². The van der Waals surface area contributed by atoms with Crippen molar-refractivity contribution in [2.75, 3.05) is 0 Å². The van der Waals surface area contributed by atoms with Gasteiger partial charge in [0.25, 0.3) is 0 Å². The van der Waals surface area contributed by atoms with E-state index in [2.05, 4.69) is 11.9 Å². The maximum Gasteiger partial charge on any atom is 0.246 e. The van der Waals surface area contributed by atoms with E-state index in [-0.39, 0.29) is 18.1 Å². The van der Waals surface area contributed by atoms with Crippen LogP contribution >= 0.6 is 0 Å². The summed E-state index contributed by atoms with van der Waals surface area (Å²) in [5.74, 6) is -1.40. The fourth-order valence-electron chi connectivity index (χ4n) is 4.55. The van der Waals surface area contributed by atoms with Crippen molar-refractivity contribution in [2.24, 2.45) is 10.9 Å². The molecule has 0 spiro atoms. The van der Waals surface area contributed by atoms with Crippen LogP contribution in [0.4, 0.5) is 8.78 Å². The molecule has 1 atom stereocenters. The van der Waals surface area contributed by atoms with Gasteiger partial charge in [0, 0.05) is 30.3 Å². The Balaban J connectivity index is 0.000000515. The van der Waals surface area contributed by atoms with Gasteiger partial charge in [0.2, 0.25) is 5.92 Å². The number of ketones is 2. The minimum absolute atomic E-state index is 0.0822. The van der Waals surface area contributed by atoms with Gasteiger partial charge in [0.05, 0.1) is 0 Å². The third-order valence-electron chi connectivity index (χ3n) is 6.23. The number of Topliss-reactive ketones (excluding diaryl/α,β-unsaturated/α-hetero) is 2. The number of rotatable bonds is 10. The number of hydrogen-bond acceptors (Lipinski definition) is 3. The van der Waals surface area contributed by atoms with E-state index in [4.69, 9.17) is 0 Å². The van der Waals surface area contributed by atoms with Crippen molar-refractivity contribution in [1.29, 1.82) is 0 Å². The van der Waals surface area contributed by atoms with E-state index in [0.29, 0.717) is 5.78 Å². The molecule has 204 valence electrons. The average Bonchev–Trinajstić information content (AvgIpc) is 2.82. The van der Waals surface area contributed by atoms with Crippen LogP contribution in [0.25, 0.3) is 0 Å². The van der Waals surface area contributed by atoms with Crippen LogP contribution in [0.15, 0.2) is 46.6 Å². The first-order valence-electron chi connectivity index (χ1n) is 13.6. The van der Waals surface area contributed by atoms with Gasteiger partial charge in [0.15, 0.2) is 5.78 Å². The molecular formula is C31H49F2NO2. The van der Waals surface area contributed by atoms with E-state index in [0.717, 1.165) is 55.4 Å². The molecule has 0 heterocycles.